The Kier molecular flexibility index (Phi) is 11.7. The first-order valence-corrected chi connectivity index (χ1v) is 27.1. The van der Waals surface area contributed by atoms with Crippen molar-refractivity contribution >= 4 is 77.8 Å². The zero-order chi connectivity index (χ0) is 52.5. The summed E-state index contributed by atoms with van der Waals surface area (Å²) in [6, 6.07) is 29.3. The lowest BCUT2D eigenvalue weighted by Gasteiger charge is -2.37. The number of piperidine rings is 1. The van der Waals surface area contributed by atoms with Gasteiger partial charge in [0.25, 0.3) is 0 Å². The highest BCUT2D eigenvalue weighted by atomic mass is 32.2. The Labute approximate surface area is 444 Å². The van der Waals surface area contributed by atoms with E-state index in [0.717, 1.165) is 111 Å². The normalized spacial score (nSPS) is 15.3. The van der Waals surface area contributed by atoms with E-state index in [4.69, 9.17) is 24.9 Å². The standard InChI is InChI=1S/C55H55N19O2S/c1-36-63-51-45(73(36)42-20-23-70(24-21-42)53-47-52(57-34-58-53)68(5)49(64-47)40-17-19-46(56-30-40)66(2)3)15-10-22-72(51)74-50(41-31-61-67(4)33-41)65-48-54(59-35-60-55(48)74)71-27-25-69(26-28-71)44-14-9-8-13-39(44)32-62-77(75,76)43-18-16-37-11-6-7-12-38(37)29-43/h6-19,22,29-31,33-35,42,62H,1,20-21,23-28,32H2,2-5H3/p+1. The van der Waals surface area contributed by atoms with Gasteiger partial charge in [0.2, 0.25) is 15.7 Å². The highest BCUT2D eigenvalue weighted by molar-refractivity contribution is 7.89. The van der Waals surface area contributed by atoms with Gasteiger partial charge in [-0.25, -0.2) is 53.3 Å². The van der Waals surface area contributed by atoms with Gasteiger partial charge in [-0.3, -0.25) is 9.58 Å². The number of hydrogen-bond donors (Lipinski definition) is 2. The van der Waals surface area contributed by atoms with Crippen molar-refractivity contribution in [2.75, 3.05) is 83.2 Å². The minimum atomic E-state index is -3.77. The number of nitrogens with zero attached hydrogens (tertiary/aromatic N) is 17. The molecule has 2 N–H and O–H groups in total. The summed E-state index contributed by atoms with van der Waals surface area (Å²) in [4.78, 5) is 45.7. The van der Waals surface area contributed by atoms with Gasteiger partial charge in [-0.2, -0.15) is 5.10 Å². The molecule has 0 atom stereocenters. The van der Waals surface area contributed by atoms with Crippen LogP contribution in [0.2, 0.25) is 0 Å². The number of aryl methyl sites for hydroxylation is 2. The number of pyridine rings is 2. The van der Waals surface area contributed by atoms with Crippen LogP contribution in [-0.4, -0.2) is 122 Å². The molecule has 10 aromatic rings. The molecule has 0 saturated carbocycles. The molecule has 2 saturated heterocycles. The zero-order valence-electron chi connectivity index (χ0n) is 43.1. The van der Waals surface area contributed by atoms with E-state index in [1.165, 1.54) is 0 Å². The van der Waals surface area contributed by atoms with Gasteiger partial charge in [-0.05, 0) is 78.2 Å². The van der Waals surface area contributed by atoms with E-state index in [2.05, 4.69) is 68.1 Å². The smallest absolute Gasteiger partial charge is 0.329 e. The molecule has 0 amide bonds. The number of para-hydroxylation sites is 1. The van der Waals surface area contributed by atoms with Crippen LogP contribution in [0.25, 0.3) is 55.9 Å². The lowest BCUT2D eigenvalue weighted by atomic mass is 10.0. The number of hydrogen-bond acceptors (Lipinski definition) is 16. The Bertz CT molecular complexity index is 4020. The van der Waals surface area contributed by atoms with Crippen LogP contribution < -0.4 is 39.2 Å². The van der Waals surface area contributed by atoms with Crippen molar-refractivity contribution < 1.29 is 13.1 Å². The predicted octanol–water partition coefficient (Wildman–Crippen LogP) is 5.96. The number of aromatic nitrogens is 12. The Hall–Kier alpha value is -9.02. The number of anilines is 6. The van der Waals surface area contributed by atoms with Crippen LogP contribution in [0, 0.1) is 0 Å². The third-order valence-electron chi connectivity index (χ3n) is 15.0. The van der Waals surface area contributed by atoms with Gasteiger partial charge in [0.05, 0.1) is 16.7 Å². The van der Waals surface area contributed by atoms with Crippen molar-refractivity contribution in [2.45, 2.75) is 30.3 Å². The number of benzene rings is 3. The molecular formula is C55H56N19O2S+. The van der Waals surface area contributed by atoms with Crippen molar-refractivity contribution in [3.63, 3.8) is 0 Å². The monoisotopic (exact) mass is 1050 g/mol. The first-order chi connectivity index (χ1) is 37.5. The summed E-state index contributed by atoms with van der Waals surface area (Å²) in [6.07, 6.45) is 12.6. The maximum atomic E-state index is 13.6. The fraction of sp³-hybridized carbons (Fsp3) is 0.255. The van der Waals surface area contributed by atoms with Gasteiger partial charge in [0.15, 0.2) is 40.0 Å². The Morgan fingerprint density at radius 3 is 2.14 bits per heavy atom. The lowest BCUT2D eigenvalue weighted by Crippen LogP contribution is -2.47. The number of sulfonamides is 1. The summed E-state index contributed by atoms with van der Waals surface area (Å²) in [6.45, 7) is 8.89. The number of nitrogens with one attached hydrogen (secondary N) is 2. The van der Waals surface area contributed by atoms with Crippen molar-refractivity contribution in [3.05, 3.63) is 146 Å². The fourth-order valence-electron chi connectivity index (χ4n) is 11.1. The molecule has 13 rings (SSSR count). The van der Waals surface area contributed by atoms with Crippen LogP contribution in [0.3, 0.4) is 0 Å². The van der Waals surface area contributed by atoms with E-state index < -0.39 is 10.0 Å². The summed E-state index contributed by atoms with van der Waals surface area (Å²) in [5, 5.41) is 10.1. The van der Waals surface area contributed by atoms with Crippen LogP contribution in [0.5, 0.6) is 0 Å². The van der Waals surface area contributed by atoms with Gasteiger partial charge in [0.1, 0.15) is 36.2 Å². The molecule has 21 nitrogen and oxygen atoms in total. The second kappa shape index (κ2) is 19.0. The van der Waals surface area contributed by atoms with Crippen LogP contribution in [0.15, 0.2) is 146 Å². The van der Waals surface area contributed by atoms with E-state index in [9.17, 15) is 8.42 Å². The molecule has 7 aromatic heterocycles. The Morgan fingerprint density at radius 2 is 1.40 bits per heavy atom. The molecule has 77 heavy (non-hydrogen) atoms. The molecule has 0 radical (unpaired) electrons. The van der Waals surface area contributed by atoms with Crippen LogP contribution in [-0.2, 0) is 30.7 Å². The molecule has 388 valence electrons. The maximum Gasteiger partial charge on any atom is 0.329 e. The number of piperazine rings is 1. The van der Waals surface area contributed by atoms with Crippen LogP contribution in [0.4, 0.5) is 34.6 Å². The molecule has 3 aliphatic heterocycles. The molecule has 22 heteroatoms. The molecule has 0 spiro atoms. The summed E-state index contributed by atoms with van der Waals surface area (Å²) < 4.78 is 37.9. The Morgan fingerprint density at radius 1 is 0.714 bits per heavy atom. The second-order valence-electron chi connectivity index (χ2n) is 19.9. The second-order valence-corrected chi connectivity index (χ2v) is 21.6. The van der Waals surface area contributed by atoms with Crippen molar-refractivity contribution in [1.29, 1.82) is 0 Å². The quantitative estimate of drug-likeness (QED) is 0.136. The van der Waals surface area contributed by atoms with Gasteiger partial charge in [0, 0.05) is 104 Å². The molecular weight excluding hydrogens is 991 g/mol. The minimum Gasteiger partial charge on any atom is -0.368 e. The minimum absolute atomic E-state index is 0.151. The molecule has 10 heterocycles. The van der Waals surface area contributed by atoms with Gasteiger partial charge in [-0.15, -0.1) is 9.35 Å². The third kappa shape index (κ3) is 8.45. The van der Waals surface area contributed by atoms with E-state index >= 15 is 0 Å². The zero-order valence-corrected chi connectivity index (χ0v) is 43.9. The Balaban J connectivity index is 0.748. The average Bonchev–Trinajstić information content (AvgIpc) is 4.28. The topological polar surface area (TPSA) is 196 Å². The molecule has 0 bridgehead atoms. The molecule has 3 aliphatic rings. The van der Waals surface area contributed by atoms with Gasteiger partial charge in [-0.1, -0.05) is 48.5 Å². The SMILES string of the molecule is C=C1Nc2c(ccc[n+]2-n2c(-c3cnn(C)c3)nc3c(N4CCN(c5ccccc5CNS(=O)(=O)c5ccc6ccccc6c5)CC4)ncnc32)N1C1CCN(c2ncnc3c2nc(-c2ccc(N(C)C)nc2)n3C)CC1. The van der Waals surface area contributed by atoms with E-state index in [0.29, 0.717) is 43.2 Å². The maximum absolute atomic E-state index is 13.6. The van der Waals surface area contributed by atoms with Crippen LogP contribution in [0.1, 0.15) is 18.4 Å². The van der Waals surface area contributed by atoms with Crippen molar-refractivity contribution in [2.24, 2.45) is 14.1 Å². The fourth-order valence-corrected chi connectivity index (χ4v) is 12.1. The van der Waals surface area contributed by atoms with Crippen molar-refractivity contribution in [3.8, 4) is 22.8 Å². The lowest BCUT2D eigenvalue weighted by molar-refractivity contribution is -0.708. The predicted molar refractivity (Wildman–Crippen MR) is 298 cm³/mol. The number of rotatable bonds is 12. The first-order valence-electron chi connectivity index (χ1n) is 25.6. The first kappa shape index (κ1) is 47.7. The van der Waals surface area contributed by atoms with Crippen LogP contribution >= 0.6 is 0 Å². The third-order valence-corrected chi connectivity index (χ3v) is 16.4. The number of fused-ring (bicyclic) bond motifs is 4. The average molecular weight is 1050 g/mol. The summed E-state index contributed by atoms with van der Waals surface area (Å²) in [5.41, 5.74) is 7.44. The van der Waals surface area contributed by atoms with Gasteiger partial charge >= 0.3 is 5.82 Å². The molecule has 3 aromatic carbocycles. The van der Waals surface area contributed by atoms with E-state index in [1.807, 2.05) is 134 Å². The highest BCUT2D eigenvalue weighted by Gasteiger charge is 2.40. The summed E-state index contributed by atoms with van der Waals surface area (Å²) >= 11 is 0. The van der Waals surface area contributed by atoms with Crippen molar-refractivity contribution in [1.82, 2.24) is 58.6 Å². The van der Waals surface area contributed by atoms with Gasteiger partial charge < -0.3 is 24.2 Å². The van der Waals surface area contributed by atoms with E-state index in [1.54, 1.807) is 29.5 Å². The highest BCUT2D eigenvalue weighted by Crippen LogP contribution is 2.40. The summed E-state index contributed by atoms with van der Waals surface area (Å²) in [7, 11) is 4.06. The molecule has 0 aliphatic carbocycles. The summed E-state index contributed by atoms with van der Waals surface area (Å²) in [5.74, 6) is 5.50. The van der Waals surface area contributed by atoms with E-state index in [-0.39, 0.29) is 17.5 Å². The number of imidazole rings is 2. The molecule has 2 fully saturated rings. The molecule has 0 unspecified atom stereocenters. The largest absolute Gasteiger partial charge is 0.368 e.